The fraction of sp³-hybridized carbons (Fsp3) is 0.588. The molecule has 1 aliphatic carbocycles. The minimum Gasteiger partial charge on any atom is -0.396 e. The van der Waals surface area contributed by atoms with E-state index in [0.717, 1.165) is 19.3 Å². The third-order valence-corrected chi connectivity index (χ3v) is 4.53. The van der Waals surface area contributed by atoms with Crippen molar-refractivity contribution in [3.05, 3.63) is 34.9 Å². The molecule has 3 heteroatoms. The molecular weight excluding hydrogens is 250 g/mol. The maximum absolute atomic E-state index is 12.2. The molecule has 0 radical (unpaired) electrons. The fourth-order valence-electron chi connectivity index (χ4n) is 2.80. The highest BCUT2D eigenvalue weighted by atomic mass is 16.3. The molecule has 0 spiro atoms. The first-order valence-electron chi connectivity index (χ1n) is 7.47. The van der Waals surface area contributed by atoms with Crippen LogP contribution < -0.4 is 5.32 Å². The number of hydrogen-bond acceptors (Lipinski definition) is 2. The van der Waals surface area contributed by atoms with Crippen LogP contribution >= 0.6 is 0 Å². The predicted octanol–water partition coefficient (Wildman–Crippen LogP) is 2.37. The average Bonchev–Trinajstić information content (AvgIpc) is 2.38. The van der Waals surface area contributed by atoms with Gasteiger partial charge in [0.2, 0.25) is 5.91 Å². The Morgan fingerprint density at radius 3 is 2.75 bits per heavy atom. The molecule has 1 aliphatic rings. The third kappa shape index (κ3) is 3.40. The number of aryl methyl sites for hydroxylation is 1. The van der Waals surface area contributed by atoms with Crippen molar-refractivity contribution in [2.45, 2.75) is 46.1 Å². The number of nitrogens with one attached hydrogen (secondary N) is 1. The van der Waals surface area contributed by atoms with E-state index >= 15 is 0 Å². The van der Waals surface area contributed by atoms with E-state index in [1.807, 2.05) is 6.92 Å². The Hall–Kier alpha value is -1.35. The highest BCUT2D eigenvalue weighted by molar-refractivity contribution is 5.79. The van der Waals surface area contributed by atoms with Crippen LogP contribution in [0, 0.1) is 25.7 Å². The monoisotopic (exact) mass is 275 g/mol. The van der Waals surface area contributed by atoms with Gasteiger partial charge in [0.1, 0.15) is 0 Å². The second-order valence-electron chi connectivity index (χ2n) is 6.19. The van der Waals surface area contributed by atoms with Gasteiger partial charge >= 0.3 is 0 Å². The maximum atomic E-state index is 12.2. The van der Waals surface area contributed by atoms with Crippen molar-refractivity contribution in [2.24, 2.45) is 11.8 Å². The van der Waals surface area contributed by atoms with E-state index in [1.54, 1.807) is 0 Å². The summed E-state index contributed by atoms with van der Waals surface area (Å²) in [6, 6.07) is 6.53. The summed E-state index contributed by atoms with van der Waals surface area (Å²) in [5.41, 5.74) is 3.82. The lowest BCUT2D eigenvalue weighted by Gasteiger charge is -2.35. The third-order valence-electron chi connectivity index (χ3n) is 4.53. The van der Waals surface area contributed by atoms with Crippen molar-refractivity contribution >= 4 is 5.91 Å². The summed E-state index contributed by atoms with van der Waals surface area (Å²) in [5.74, 6) is 0.505. The smallest absolute Gasteiger partial charge is 0.223 e. The van der Waals surface area contributed by atoms with Gasteiger partial charge in [-0.15, -0.1) is 0 Å². The van der Waals surface area contributed by atoms with Crippen LogP contribution in [-0.4, -0.2) is 23.7 Å². The normalized spacial score (nSPS) is 23.0. The summed E-state index contributed by atoms with van der Waals surface area (Å²) in [7, 11) is 0. The number of benzene rings is 1. The number of amides is 1. The van der Waals surface area contributed by atoms with Gasteiger partial charge in [-0.25, -0.2) is 0 Å². The number of rotatable bonds is 5. The standard InChI is InChI=1S/C17H25NO2/c1-11-5-4-6-15(13(11)3)7-12(2)17(20)18-16-8-14(9-16)10-19/h4-6,12,14,16,19H,7-10H2,1-3H3,(H,18,20). The van der Waals surface area contributed by atoms with Gasteiger partial charge in [-0.3, -0.25) is 4.79 Å². The minimum atomic E-state index is -0.0105. The van der Waals surface area contributed by atoms with Gasteiger partial charge in [0, 0.05) is 18.6 Å². The summed E-state index contributed by atoms with van der Waals surface area (Å²) < 4.78 is 0. The van der Waals surface area contributed by atoms with E-state index < -0.39 is 0 Å². The van der Waals surface area contributed by atoms with E-state index in [-0.39, 0.29) is 24.5 Å². The molecular formula is C17H25NO2. The van der Waals surface area contributed by atoms with E-state index in [1.165, 1.54) is 16.7 Å². The van der Waals surface area contributed by atoms with Gasteiger partial charge in [-0.1, -0.05) is 25.1 Å². The Bertz CT molecular complexity index is 478. The Balaban J connectivity index is 1.86. The highest BCUT2D eigenvalue weighted by Crippen LogP contribution is 2.27. The van der Waals surface area contributed by atoms with Crippen LogP contribution in [0.3, 0.4) is 0 Å². The minimum absolute atomic E-state index is 0.0105. The molecule has 1 aromatic rings. The number of aliphatic hydroxyl groups is 1. The molecule has 1 aromatic carbocycles. The molecule has 0 heterocycles. The van der Waals surface area contributed by atoms with Gasteiger partial charge < -0.3 is 10.4 Å². The first-order chi connectivity index (χ1) is 9.51. The Morgan fingerprint density at radius 1 is 1.40 bits per heavy atom. The second kappa shape index (κ2) is 6.40. The average molecular weight is 275 g/mol. The Labute approximate surface area is 121 Å². The lowest BCUT2D eigenvalue weighted by atomic mass is 9.80. The van der Waals surface area contributed by atoms with E-state index in [9.17, 15) is 4.79 Å². The van der Waals surface area contributed by atoms with Crippen LogP contribution in [0.5, 0.6) is 0 Å². The van der Waals surface area contributed by atoms with Crippen molar-refractivity contribution in [2.75, 3.05) is 6.61 Å². The SMILES string of the molecule is Cc1cccc(CC(C)C(=O)NC2CC(CO)C2)c1C. The largest absolute Gasteiger partial charge is 0.396 e. The van der Waals surface area contributed by atoms with Gasteiger partial charge in [0.15, 0.2) is 0 Å². The predicted molar refractivity (Wildman–Crippen MR) is 80.5 cm³/mol. The van der Waals surface area contributed by atoms with Crippen molar-refractivity contribution in [3.8, 4) is 0 Å². The maximum Gasteiger partial charge on any atom is 0.223 e. The first kappa shape index (κ1) is 15.0. The van der Waals surface area contributed by atoms with E-state index in [0.29, 0.717) is 5.92 Å². The number of aliphatic hydroxyl groups excluding tert-OH is 1. The molecule has 3 nitrogen and oxygen atoms in total. The molecule has 1 amide bonds. The molecule has 1 atom stereocenters. The molecule has 2 rings (SSSR count). The van der Waals surface area contributed by atoms with Crippen molar-refractivity contribution < 1.29 is 9.90 Å². The Morgan fingerprint density at radius 2 is 2.10 bits per heavy atom. The van der Waals surface area contributed by atoms with Gasteiger partial charge in [0.05, 0.1) is 0 Å². The number of carbonyl (C=O) groups is 1. The number of carbonyl (C=O) groups excluding carboxylic acids is 1. The molecule has 0 saturated heterocycles. The lowest BCUT2D eigenvalue weighted by molar-refractivity contribution is -0.126. The van der Waals surface area contributed by atoms with Crippen LogP contribution in [0.4, 0.5) is 0 Å². The molecule has 2 N–H and O–H groups in total. The molecule has 1 saturated carbocycles. The van der Waals surface area contributed by atoms with Crippen LogP contribution in [0.1, 0.15) is 36.5 Å². The fourth-order valence-corrected chi connectivity index (χ4v) is 2.80. The molecule has 1 unspecified atom stereocenters. The van der Waals surface area contributed by atoms with Gasteiger partial charge in [-0.05, 0) is 55.7 Å². The molecule has 1 fully saturated rings. The zero-order valence-electron chi connectivity index (χ0n) is 12.6. The van der Waals surface area contributed by atoms with Gasteiger partial charge in [0.25, 0.3) is 0 Å². The molecule has 20 heavy (non-hydrogen) atoms. The summed E-state index contributed by atoms with van der Waals surface area (Å²) in [6.07, 6.45) is 2.62. The van der Waals surface area contributed by atoms with Gasteiger partial charge in [-0.2, -0.15) is 0 Å². The Kier molecular flexibility index (Phi) is 4.81. The van der Waals surface area contributed by atoms with Crippen molar-refractivity contribution in [3.63, 3.8) is 0 Å². The molecule has 0 aromatic heterocycles. The molecule has 0 aliphatic heterocycles. The highest BCUT2D eigenvalue weighted by Gasteiger charge is 2.30. The zero-order chi connectivity index (χ0) is 14.7. The molecule has 0 bridgehead atoms. The van der Waals surface area contributed by atoms with Crippen molar-refractivity contribution in [1.29, 1.82) is 0 Å². The van der Waals surface area contributed by atoms with Crippen molar-refractivity contribution in [1.82, 2.24) is 5.32 Å². The number of hydrogen-bond donors (Lipinski definition) is 2. The van der Waals surface area contributed by atoms with Crippen LogP contribution in [0.2, 0.25) is 0 Å². The summed E-state index contributed by atoms with van der Waals surface area (Å²) in [4.78, 5) is 12.2. The second-order valence-corrected chi connectivity index (χ2v) is 6.19. The first-order valence-corrected chi connectivity index (χ1v) is 7.47. The quantitative estimate of drug-likeness (QED) is 0.866. The lowest BCUT2D eigenvalue weighted by Crippen LogP contribution is -2.47. The van der Waals surface area contributed by atoms with Crippen LogP contribution in [0.15, 0.2) is 18.2 Å². The molecule has 110 valence electrons. The summed E-state index contributed by atoms with van der Waals surface area (Å²) in [6.45, 7) is 6.45. The van der Waals surface area contributed by atoms with Crippen LogP contribution in [0.25, 0.3) is 0 Å². The van der Waals surface area contributed by atoms with E-state index in [4.69, 9.17) is 5.11 Å². The topological polar surface area (TPSA) is 49.3 Å². The van der Waals surface area contributed by atoms with E-state index in [2.05, 4.69) is 37.4 Å². The summed E-state index contributed by atoms with van der Waals surface area (Å²) >= 11 is 0. The zero-order valence-corrected chi connectivity index (χ0v) is 12.6. The summed E-state index contributed by atoms with van der Waals surface area (Å²) in [5, 5.41) is 12.1. The van der Waals surface area contributed by atoms with Crippen LogP contribution in [-0.2, 0) is 11.2 Å².